The number of hydrogen-bond acceptors (Lipinski definition) is 2. The van der Waals surface area contributed by atoms with Gasteiger partial charge in [-0.1, -0.05) is 37.6 Å². The van der Waals surface area contributed by atoms with Crippen molar-refractivity contribution in [3.8, 4) is 0 Å². The molecule has 0 radical (unpaired) electrons. The molecule has 1 fully saturated rings. The summed E-state index contributed by atoms with van der Waals surface area (Å²) in [6.45, 7) is 8.91. The van der Waals surface area contributed by atoms with Gasteiger partial charge in [-0.3, -0.25) is 4.90 Å². The molecule has 1 aliphatic heterocycles. The van der Waals surface area contributed by atoms with Crippen LogP contribution in [0.1, 0.15) is 56.7 Å². The molecule has 2 rings (SSSR count). The second-order valence-corrected chi connectivity index (χ2v) is 6.40. The van der Waals surface area contributed by atoms with Gasteiger partial charge in [-0.15, -0.1) is 0 Å². The number of nitrogens with two attached hydrogens (primary N) is 1. The molecule has 2 nitrogen and oxygen atoms in total. The molecule has 2 N–H and O–H groups in total. The lowest BCUT2D eigenvalue weighted by molar-refractivity contribution is 0.0767. The fraction of sp³-hybridized carbons (Fsp3) is 0.647. The third-order valence-corrected chi connectivity index (χ3v) is 5.50. The van der Waals surface area contributed by atoms with Crippen LogP contribution in [0.3, 0.4) is 0 Å². The summed E-state index contributed by atoms with van der Waals surface area (Å²) in [6.07, 6.45) is 4.75. The highest BCUT2D eigenvalue weighted by Gasteiger charge is 2.41. The van der Waals surface area contributed by atoms with Gasteiger partial charge in [-0.05, 0) is 62.9 Å². The van der Waals surface area contributed by atoms with Crippen LogP contribution in [-0.2, 0) is 0 Å². The Morgan fingerprint density at radius 1 is 1.25 bits per heavy atom. The summed E-state index contributed by atoms with van der Waals surface area (Å²) in [4.78, 5) is 2.60. The molecule has 0 aliphatic carbocycles. The number of aryl methyl sites for hydroxylation is 1. The van der Waals surface area contributed by atoms with Crippen LogP contribution in [0.5, 0.6) is 0 Å². The number of rotatable bonds is 5. The quantitative estimate of drug-likeness (QED) is 0.877. The molecule has 1 aliphatic rings. The van der Waals surface area contributed by atoms with Gasteiger partial charge in [-0.2, -0.15) is 0 Å². The Morgan fingerprint density at radius 2 is 1.85 bits per heavy atom. The van der Waals surface area contributed by atoms with Crippen molar-refractivity contribution in [2.45, 2.75) is 58.0 Å². The van der Waals surface area contributed by atoms with Gasteiger partial charge in [0.05, 0.1) is 0 Å². The molecular weight excluding hydrogens is 268 g/mol. The zero-order valence-electron chi connectivity index (χ0n) is 13.0. The summed E-state index contributed by atoms with van der Waals surface area (Å²) in [5, 5.41) is 0.820. The molecule has 0 amide bonds. The SMILES string of the molecule is CCC(CC)(C(N)c1ccc(C)c(Cl)c1)N1CCCC1. The van der Waals surface area contributed by atoms with Crippen molar-refractivity contribution in [1.29, 1.82) is 0 Å². The smallest absolute Gasteiger partial charge is 0.0482 e. The van der Waals surface area contributed by atoms with Crippen LogP contribution >= 0.6 is 11.6 Å². The predicted octanol–water partition coefficient (Wildman–Crippen LogP) is 4.30. The Morgan fingerprint density at radius 3 is 2.35 bits per heavy atom. The first-order chi connectivity index (χ1) is 9.55. The Kier molecular flexibility index (Phi) is 5.11. The molecule has 112 valence electrons. The highest BCUT2D eigenvalue weighted by molar-refractivity contribution is 6.31. The summed E-state index contributed by atoms with van der Waals surface area (Å²) >= 11 is 6.28. The van der Waals surface area contributed by atoms with Crippen molar-refractivity contribution in [2.24, 2.45) is 5.73 Å². The van der Waals surface area contributed by atoms with Crippen LogP contribution in [0.25, 0.3) is 0 Å². The van der Waals surface area contributed by atoms with E-state index in [0.717, 1.165) is 29.0 Å². The van der Waals surface area contributed by atoms with E-state index in [1.54, 1.807) is 0 Å². The number of nitrogens with zero attached hydrogens (tertiary/aromatic N) is 1. The predicted molar refractivity (Wildman–Crippen MR) is 87.2 cm³/mol. The zero-order chi connectivity index (χ0) is 14.8. The molecule has 0 saturated carbocycles. The summed E-state index contributed by atoms with van der Waals surface area (Å²) in [5.74, 6) is 0. The first-order valence-corrected chi connectivity index (χ1v) is 8.19. The molecule has 1 saturated heterocycles. The van der Waals surface area contributed by atoms with E-state index in [9.17, 15) is 0 Å². The summed E-state index contributed by atoms with van der Waals surface area (Å²) in [7, 11) is 0. The maximum atomic E-state index is 6.69. The van der Waals surface area contributed by atoms with Gasteiger partial charge < -0.3 is 5.73 Å². The minimum Gasteiger partial charge on any atom is -0.322 e. The van der Waals surface area contributed by atoms with Crippen LogP contribution in [0, 0.1) is 6.92 Å². The molecule has 1 aromatic rings. The molecule has 1 heterocycles. The van der Waals surface area contributed by atoms with Crippen molar-refractivity contribution in [3.05, 3.63) is 34.3 Å². The second kappa shape index (κ2) is 6.46. The fourth-order valence-electron chi connectivity index (χ4n) is 3.61. The molecule has 3 heteroatoms. The Balaban J connectivity index is 2.34. The number of benzene rings is 1. The Labute approximate surface area is 128 Å². The van der Waals surface area contributed by atoms with Gasteiger partial charge in [0.15, 0.2) is 0 Å². The molecule has 1 atom stereocenters. The monoisotopic (exact) mass is 294 g/mol. The summed E-state index contributed by atoms with van der Waals surface area (Å²) in [6, 6.07) is 6.30. The van der Waals surface area contributed by atoms with Gasteiger partial charge in [0.25, 0.3) is 0 Å². The van der Waals surface area contributed by atoms with Crippen molar-refractivity contribution >= 4 is 11.6 Å². The molecule has 0 spiro atoms. The van der Waals surface area contributed by atoms with Crippen LogP contribution in [0.15, 0.2) is 18.2 Å². The normalized spacial score (nSPS) is 18.4. The largest absolute Gasteiger partial charge is 0.322 e. The molecular formula is C17H27ClN2. The lowest BCUT2D eigenvalue weighted by atomic mass is 9.79. The summed E-state index contributed by atoms with van der Waals surface area (Å²) < 4.78 is 0. The highest BCUT2D eigenvalue weighted by atomic mass is 35.5. The van der Waals surface area contributed by atoms with E-state index in [4.69, 9.17) is 17.3 Å². The van der Waals surface area contributed by atoms with Gasteiger partial charge in [0.2, 0.25) is 0 Å². The van der Waals surface area contributed by atoms with E-state index in [1.165, 1.54) is 25.9 Å². The van der Waals surface area contributed by atoms with Crippen LogP contribution < -0.4 is 5.73 Å². The number of likely N-dealkylation sites (tertiary alicyclic amines) is 1. The van der Waals surface area contributed by atoms with E-state index in [0.29, 0.717) is 0 Å². The minimum absolute atomic E-state index is 0.0219. The Hall–Kier alpha value is -0.570. The molecule has 1 aromatic carbocycles. The average molecular weight is 295 g/mol. The lowest BCUT2D eigenvalue weighted by Gasteiger charge is -2.45. The molecule has 1 unspecified atom stereocenters. The third kappa shape index (κ3) is 2.74. The third-order valence-electron chi connectivity index (χ3n) is 5.09. The molecule has 0 aromatic heterocycles. The van der Waals surface area contributed by atoms with Crippen molar-refractivity contribution in [1.82, 2.24) is 4.90 Å². The standard InChI is InChI=1S/C17H27ClN2/c1-4-17(5-2,20-10-6-7-11-20)16(19)14-9-8-13(3)15(18)12-14/h8-9,12,16H,4-7,10-11,19H2,1-3H3. The van der Waals surface area contributed by atoms with Gasteiger partial charge >= 0.3 is 0 Å². The van der Waals surface area contributed by atoms with E-state index in [2.05, 4.69) is 36.9 Å². The summed E-state index contributed by atoms with van der Waals surface area (Å²) in [5.41, 5.74) is 9.03. The maximum Gasteiger partial charge on any atom is 0.0482 e. The van der Waals surface area contributed by atoms with Gasteiger partial charge in [0, 0.05) is 16.6 Å². The van der Waals surface area contributed by atoms with E-state index in [-0.39, 0.29) is 11.6 Å². The maximum absolute atomic E-state index is 6.69. The number of hydrogen-bond donors (Lipinski definition) is 1. The van der Waals surface area contributed by atoms with Gasteiger partial charge in [0.1, 0.15) is 0 Å². The zero-order valence-corrected chi connectivity index (χ0v) is 13.7. The van der Waals surface area contributed by atoms with Crippen molar-refractivity contribution < 1.29 is 0 Å². The van der Waals surface area contributed by atoms with Crippen LogP contribution in [0.4, 0.5) is 0 Å². The molecule has 0 bridgehead atoms. The van der Waals surface area contributed by atoms with Crippen molar-refractivity contribution in [2.75, 3.05) is 13.1 Å². The minimum atomic E-state index is 0.0219. The fourth-order valence-corrected chi connectivity index (χ4v) is 3.80. The first-order valence-electron chi connectivity index (χ1n) is 7.82. The van der Waals surface area contributed by atoms with Crippen LogP contribution in [-0.4, -0.2) is 23.5 Å². The Bertz CT molecular complexity index is 448. The van der Waals surface area contributed by atoms with Gasteiger partial charge in [-0.25, -0.2) is 0 Å². The molecule has 20 heavy (non-hydrogen) atoms. The van der Waals surface area contributed by atoms with E-state index >= 15 is 0 Å². The van der Waals surface area contributed by atoms with Crippen LogP contribution in [0.2, 0.25) is 5.02 Å². The second-order valence-electron chi connectivity index (χ2n) is 5.99. The topological polar surface area (TPSA) is 29.3 Å². The first kappa shape index (κ1) is 15.8. The van der Waals surface area contributed by atoms with E-state index in [1.807, 2.05) is 6.92 Å². The lowest BCUT2D eigenvalue weighted by Crippen LogP contribution is -2.53. The highest BCUT2D eigenvalue weighted by Crippen LogP contribution is 2.38. The van der Waals surface area contributed by atoms with Crippen molar-refractivity contribution in [3.63, 3.8) is 0 Å². The van der Waals surface area contributed by atoms with E-state index < -0.39 is 0 Å². The average Bonchev–Trinajstić information content (AvgIpc) is 2.98. The number of halogens is 1.